The van der Waals surface area contributed by atoms with Crippen molar-refractivity contribution in [3.05, 3.63) is 48.0 Å². The number of methoxy groups -OCH3 is 2. The molecule has 6 nitrogen and oxygen atoms in total. The van der Waals surface area contributed by atoms with Crippen LogP contribution in [0, 0.1) is 0 Å². The fourth-order valence-electron chi connectivity index (χ4n) is 2.26. The molecule has 0 saturated heterocycles. The molecule has 0 fully saturated rings. The van der Waals surface area contributed by atoms with Crippen LogP contribution in [0.3, 0.4) is 0 Å². The van der Waals surface area contributed by atoms with Gasteiger partial charge >= 0.3 is 12.1 Å². The maximum Gasteiger partial charge on any atom is 0.471 e. The van der Waals surface area contributed by atoms with Gasteiger partial charge in [-0.25, -0.2) is 0 Å². The Labute approximate surface area is 153 Å². The zero-order valence-corrected chi connectivity index (χ0v) is 14.5. The summed E-state index contributed by atoms with van der Waals surface area (Å²) in [6, 6.07) is 10.4. The minimum absolute atomic E-state index is 0.0134. The molecule has 0 saturated carbocycles. The summed E-state index contributed by atoms with van der Waals surface area (Å²) in [5.41, 5.74) is 0.827. The van der Waals surface area contributed by atoms with Gasteiger partial charge in [-0.2, -0.15) is 13.2 Å². The Morgan fingerprint density at radius 3 is 2.15 bits per heavy atom. The molecule has 2 aromatic rings. The summed E-state index contributed by atoms with van der Waals surface area (Å²) in [6.07, 6.45) is -4.98. The highest BCUT2D eigenvalue weighted by atomic mass is 19.4. The number of rotatable bonds is 6. The Hall–Kier alpha value is -3.23. The molecule has 0 atom stereocenters. The molecule has 0 aromatic heterocycles. The molecule has 2 amide bonds. The number of alkyl halides is 3. The van der Waals surface area contributed by atoms with Gasteiger partial charge in [0.05, 0.1) is 20.6 Å². The number of anilines is 2. The van der Waals surface area contributed by atoms with E-state index in [0.717, 1.165) is 0 Å². The van der Waals surface area contributed by atoms with Crippen molar-refractivity contribution in [1.29, 1.82) is 0 Å². The molecule has 144 valence electrons. The molecular formula is C18H17F3N2O4. The number of amides is 2. The number of hydrogen-bond donors (Lipinski definition) is 2. The number of hydrogen-bond acceptors (Lipinski definition) is 4. The molecule has 2 aromatic carbocycles. The van der Waals surface area contributed by atoms with Crippen LogP contribution in [-0.4, -0.2) is 32.2 Å². The highest BCUT2D eigenvalue weighted by Gasteiger charge is 2.38. The molecular weight excluding hydrogens is 365 g/mol. The predicted octanol–water partition coefficient (Wildman–Crippen LogP) is 3.39. The molecule has 0 heterocycles. The van der Waals surface area contributed by atoms with Crippen LogP contribution < -0.4 is 20.1 Å². The number of benzene rings is 2. The molecule has 0 bridgehead atoms. The van der Waals surface area contributed by atoms with E-state index in [4.69, 9.17) is 9.47 Å². The Morgan fingerprint density at radius 1 is 0.926 bits per heavy atom. The van der Waals surface area contributed by atoms with E-state index in [1.54, 1.807) is 23.5 Å². The van der Waals surface area contributed by atoms with E-state index in [0.29, 0.717) is 17.1 Å². The van der Waals surface area contributed by atoms with E-state index in [1.807, 2.05) is 0 Å². The van der Waals surface area contributed by atoms with Crippen molar-refractivity contribution >= 4 is 23.2 Å². The van der Waals surface area contributed by atoms with Crippen LogP contribution in [0.5, 0.6) is 11.5 Å². The SMILES string of the molecule is COc1ccc(CC(=O)Nc2cccc(NC(=O)C(F)(F)F)c2)cc1OC. The normalized spacial score (nSPS) is 10.9. The van der Waals surface area contributed by atoms with E-state index in [1.165, 1.54) is 38.5 Å². The monoisotopic (exact) mass is 382 g/mol. The van der Waals surface area contributed by atoms with Crippen molar-refractivity contribution in [3.8, 4) is 11.5 Å². The van der Waals surface area contributed by atoms with Gasteiger partial charge in [-0.05, 0) is 35.9 Å². The van der Waals surface area contributed by atoms with Gasteiger partial charge in [-0.15, -0.1) is 0 Å². The molecule has 0 aliphatic heterocycles. The van der Waals surface area contributed by atoms with E-state index in [9.17, 15) is 22.8 Å². The van der Waals surface area contributed by atoms with Gasteiger partial charge in [0, 0.05) is 11.4 Å². The number of nitrogens with one attached hydrogen (secondary N) is 2. The summed E-state index contributed by atoms with van der Waals surface area (Å²) < 4.78 is 47.2. The van der Waals surface area contributed by atoms with Crippen LogP contribution in [0.4, 0.5) is 24.5 Å². The van der Waals surface area contributed by atoms with Crippen LogP contribution in [0.15, 0.2) is 42.5 Å². The number of ether oxygens (including phenoxy) is 2. The van der Waals surface area contributed by atoms with Crippen molar-refractivity contribution in [2.45, 2.75) is 12.6 Å². The van der Waals surface area contributed by atoms with Crippen LogP contribution >= 0.6 is 0 Å². The lowest BCUT2D eigenvalue weighted by Crippen LogP contribution is -2.29. The molecule has 2 rings (SSSR count). The number of halogens is 3. The van der Waals surface area contributed by atoms with Crippen LogP contribution in [0.2, 0.25) is 0 Å². The zero-order chi connectivity index (χ0) is 20.0. The summed E-state index contributed by atoms with van der Waals surface area (Å²) in [7, 11) is 2.97. The van der Waals surface area contributed by atoms with E-state index in [-0.39, 0.29) is 23.7 Å². The third kappa shape index (κ3) is 5.63. The molecule has 9 heteroatoms. The summed E-state index contributed by atoms with van der Waals surface area (Å²) >= 11 is 0. The van der Waals surface area contributed by atoms with Gasteiger partial charge in [-0.1, -0.05) is 12.1 Å². The molecule has 0 aliphatic rings. The van der Waals surface area contributed by atoms with Crippen LogP contribution in [-0.2, 0) is 16.0 Å². The van der Waals surface area contributed by atoms with E-state index in [2.05, 4.69) is 5.32 Å². The zero-order valence-electron chi connectivity index (χ0n) is 14.5. The third-order valence-electron chi connectivity index (χ3n) is 3.47. The van der Waals surface area contributed by atoms with Crippen molar-refractivity contribution in [2.75, 3.05) is 24.9 Å². The largest absolute Gasteiger partial charge is 0.493 e. The Kier molecular flexibility index (Phi) is 6.27. The number of carbonyl (C=O) groups excluding carboxylic acids is 2. The molecule has 27 heavy (non-hydrogen) atoms. The summed E-state index contributed by atoms with van der Waals surface area (Å²) in [4.78, 5) is 23.2. The average Bonchev–Trinajstić information content (AvgIpc) is 2.61. The Balaban J connectivity index is 2.04. The molecule has 0 aliphatic carbocycles. The first-order valence-corrected chi connectivity index (χ1v) is 7.72. The second-order valence-corrected chi connectivity index (χ2v) is 5.45. The van der Waals surface area contributed by atoms with E-state index < -0.39 is 12.1 Å². The van der Waals surface area contributed by atoms with E-state index >= 15 is 0 Å². The Morgan fingerprint density at radius 2 is 1.56 bits per heavy atom. The van der Waals surface area contributed by atoms with Gasteiger partial charge < -0.3 is 20.1 Å². The average molecular weight is 382 g/mol. The maximum absolute atomic E-state index is 12.3. The lowest BCUT2D eigenvalue weighted by atomic mass is 10.1. The quantitative estimate of drug-likeness (QED) is 0.803. The second kappa shape index (κ2) is 8.43. The van der Waals surface area contributed by atoms with Crippen molar-refractivity contribution < 1.29 is 32.2 Å². The minimum atomic E-state index is -4.99. The smallest absolute Gasteiger partial charge is 0.471 e. The molecule has 0 radical (unpaired) electrons. The highest BCUT2D eigenvalue weighted by molar-refractivity contribution is 5.96. The molecule has 0 unspecified atom stereocenters. The van der Waals surface area contributed by atoms with Gasteiger partial charge in [0.25, 0.3) is 0 Å². The summed E-state index contributed by atoms with van der Waals surface area (Å²) in [6.45, 7) is 0. The lowest BCUT2D eigenvalue weighted by Gasteiger charge is -2.11. The standard InChI is InChI=1S/C18H17F3N2O4/c1-26-14-7-6-11(8-15(14)27-2)9-16(24)22-12-4-3-5-13(10-12)23-17(25)18(19,20)21/h3-8,10H,9H2,1-2H3,(H,22,24)(H,23,25). The minimum Gasteiger partial charge on any atom is -0.493 e. The highest BCUT2D eigenvalue weighted by Crippen LogP contribution is 2.28. The van der Waals surface area contributed by atoms with Gasteiger partial charge in [0.1, 0.15) is 0 Å². The second-order valence-electron chi connectivity index (χ2n) is 5.45. The first-order valence-electron chi connectivity index (χ1n) is 7.72. The first-order chi connectivity index (χ1) is 12.7. The Bertz CT molecular complexity index is 838. The van der Waals surface area contributed by atoms with Crippen LogP contribution in [0.25, 0.3) is 0 Å². The van der Waals surface area contributed by atoms with Crippen molar-refractivity contribution in [3.63, 3.8) is 0 Å². The molecule has 0 spiro atoms. The van der Waals surface area contributed by atoms with Gasteiger partial charge in [-0.3, -0.25) is 9.59 Å². The summed E-state index contributed by atoms with van der Waals surface area (Å²) in [5.74, 6) is -1.48. The fourth-order valence-corrected chi connectivity index (χ4v) is 2.26. The third-order valence-corrected chi connectivity index (χ3v) is 3.47. The fraction of sp³-hybridized carbons (Fsp3) is 0.222. The van der Waals surface area contributed by atoms with Gasteiger partial charge in [0.2, 0.25) is 5.91 Å². The van der Waals surface area contributed by atoms with Crippen molar-refractivity contribution in [1.82, 2.24) is 0 Å². The van der Waals surface area contributed by atoms with Crippen LogP contribution in [0.1, 0.15) is 5.56 Å². The first kappa shape index (κ1) is 20.1. The van der Waals surface area contributed by atoms with Crippen molar-refractivity contribution in [2.24, 2.45) is 0 Å². The number of carbonyl (C=O) groups is 2. The lowest BCUT2D eigenvalue weighted by molar-refractivity contribution is -0.167. The molecule has 2 N–H and O–H groups in total. The van der Waals surface area contributed by atoms with Gasteiger partial charge in [0.15, 0.2) is 11.5 Å². The maximum atomic E-state index is 12.3. The predicted molar refractivity (Wildman–Crippen MR) is 93.0 cm³/mol. The topological polar surface area (TPSA) is 76.7 Å². The summed E-state index contributed by atoms with van der Waals surface area (Å²) in [5, 5.41) is 4.29.